The van der Waals surface area contributed by atoms with Crippen LogP contribution in [0.1, 0.15) is 37.3 Å². The number of anilines is 1. The summed E-state index contributed by atoms with van der Waals surface area (Å²) < 4.78 is 0. The van der Waals surface area contributed by atoms with Gasteiger partial charge in [0.25, 0.3) is 0 Å². The molecule has 0 bridgehead atoms. The maximum absolute atomic E-state index is 10.7. The average molecular weight is 217 g/mol. The number of carbonyl (C=O) groups excluding carboxylic acids is 1. The molecule has 1 atom stereocenters. The first kappa shape index (κ1) is 11.2. The van der Waals surface area contributed by atoms with E-state index in [1.165, 1.54) is 16.8 Å². The summed E-state index contributed by atoms with van der Waals surface area (Å²) in [5.74, 6) is 0.384. The molecule has 0 aromatic heterocycles. The van der Waals surface area contributed by atoms with Crippen LogP contribution in [0.3, 0.4) is 0 Å². The Morgan fingerprint density at radius 1 is 1.50 bits per heavy atom. The van der Waals surface area contributed by atoms with Crippen LogP contribution < -0.4 is 4.90 Å². The second kappa shape index (κ2) is 4.28. The number of fused-ring (bicyclic) bond motifs is 1. The van der Waals surface area contributed by atoms with Crippen LogP contribution in [0, 0.1) is 6.92 Å². The van der Waals surface area contributed by atoms with Crippen LogP contribution in [0.15, 0.2) is 18.2 Å². The molecule has 0 N–H and O–H groups in total. The van der Waals surface area contributed by atoms with Crippen LogP contribution in [0.2, 0.25) is 0 Å². The van der Waals surface area contributed by atoms with E-state index < -0.39 is 0 Å². The molecule has 0 radical (unpaired) electrons. The van der Waals surface area contributed by atoms with Crippen LogP contribution in [-0.2, 0) is 4.79 Å². The molecular weight excluding hydrogens is 198 g/mol. The first-order chi connectivity index (χ1) is 7.63. The van der Waals surface area contributed by atoms with Gasteiger partial charge in [0.2, 0.25) is 0 Å². The van der Waals surface area contributed by atoms with E-state index in [0.29, 0.717) is 18.4 Å². The van der Waals surface area contributed by atoms with Gasteiger partial charge in [0, 0.05) is 30.6 Å². The van der Waals surface area contributed by atoms with Crippen molar-refractivity contribution in [2.45, 2.75) is 39.2 Å². The van der Waals surface area contributed by atoms with Gasteiger partial charge in [-0.15, -0.1) is 0 Å². The normalized spacial score (nSPS) is 19.0. The summed E-state index contributed by atoms with van der Waals surface area (Å²) in [7, 11) is 0. The Hall–Kier alpha value is -1.31. The number of hydrogen-bond donors (Lipinski definition) is 0. The molecule has 0 saturated carbocycles. The first-order valence-corrected chi connectivity index (χ1v) is 5.94. The lowest BCUT2D eigenvalue weighted by Gasteiger charge is -2.24. The zero-order valence-electron chi connectivity index (χ0n) is 10.2. The minimum absolute atomic E-state index is 0.384. The Morgan fingerprint density at radius 2 is 2.25 bits per heavy atom. The van der Waals surface area contributed by atoms with Gasteiger partial charge >= 0.3 is 0 Å². The van der Waals surface area contributed by atoms with Crippen LogP contribution in [0.4, 0.5) is 5.69 Å². The Morgan fingerprint density at radius 3 is 2.88 bits per heavy atom. The summed E-state index contributed by atoms with van der Waals surface area (Å²) in [6.07, 6.45) is 1.68. The molecule has 1 aliphatic rings. The zero-order valence-corrected chi connectivity index (χ0v) is 10.2. The van der Waals surface area contributed by atoms with Crippen LogP contribution in [0.25, 0.3) is 0 Å². The van der Waals surface area contributed by atoms with Gasteiger partial charge in [0.05, 0.1) is 0 Å². The largest absolute Gasteiger partial charge is 0.368 e. The highest BCUT2D eigenvalue weighted by molar-refractivity contribution is 5.64. The van der Waals surface area contributed by atoms with Gasteiger partial charge in [-0.2, -0.15) is 0 Å². The Kier molecular flexibility index (Phi) is 2.99. The molecule has 0 aliphatic carbocycles. The second-order valence-corrected chi connectivity index (χ2v) is 4.91. The summed E-state index contributed by atoms with van der Waals surface area (Å²) in [5.41, 5.74) is 3.94. The number of rotatable bonds is 3. The number of nitrogens with zero attached hydrogens (tertiary/aromatic N) is 1. The highest BCUT2D eigenvalue weighted by Crippen LogP contribution is 2.39. The van der Waals surface area contributed by atoms with E-state index in [0.717, 1.165) is 12.8 Å². The number of hydrogen-bond acceptors (Lipinski definition) is 2. The predicted molar refractivity (Wildman–Crippen MR) is 67.1 cm³/mol. The van der Waals surface area contributed by atoms with E-state index >= 15 is 0 Å². The number of aryl methyl sites for hydroxylation is 1. The highest BCUT2D eigenvalue weighted by atomic mass is 16.1. The molecular formula is C14H19NO. The molecule has 0 fully saturated rings. The van der Waals surface area contributed by atoms with Gasteiger partial charge in [0.1, 0.15) is 6.29 Å². The summed E-state index contributed by atoms with van der Waals surface area (Å²) in [6, 6.07) is 7.07. The average Bonchev–Trinajstić information content (AvgIpc) is 2.58. The van der Waals surface area contributed by atoms with Crippen molar-refractivity contribution >= 4 is 12.0 Å². The second-order valence-electron chi connectivity index (χ2n) is 4.91. The van der Waals surface area contributed by atoms with Crippen LogP contribution >= 0.6 is 0 Å². The fraction of sp³-hybridized carbons (Fsp3) is 0.500. The van der Waals surface area contributed by atoms with Gasteiger partial charge in [-0.05, 0) is 32.4 Å². The first-order valence-electron chi connectivity index (χ1n) is 5.94. The maximum Gasteiger partial charge on any atom is 0.120 e. The minimum atomic E-state index is 0.384. The van der Waals surface area contributed by atoms with Crippen molar-refractivity contribution in [1.82, 2.24) is 0 Å². The molecule has 0 amide bonds. The minimum Gasteiger partial charge on any atom is -0.368 e. The van der Waals surface area contributed by atoms with E-state index in [1.807, 2.05) is 0 Å². The lowest BCUT2D eigenvalue weighted by molar-refractivity contribution is -0.108. The molecule has 1 aliphatic heterocycles. The van der Waals surface area contributed by atoms with Crippen LogP contribution in [0.5, 0.6) is 0 Å². The van der Waals surface area contributed by atoms with E-state index in [4.69, 9.17) is 0 Å². The molecule has 2 nitrogen and oxygen atoms in total. The van der Waals surface area contributed by atoms with Gasteiger partial charge < -0.3 is 9.69 Å². The summed E-state index contributed by atoms with van der Waals surface area (Å²) in [6.45, 7) is 7.49. The Bertz CT molecular complexity index is 398. The molecule has 1 aromatic rings. The standard InChI is InChI=1S/C14H19NO/c1-10(2)15-9-12(6-7-16)13-8-11(3)4-5-14(13)15/h4-5,7-8,10,12H,6,9H2,1-3H3. The third-order valence-electron chi connectivity index (χ3n) is 3.35. The molecule has 2 rings (SSSR count). The zero-order chi connectivity index (χ0) is 11.7. The Labute approximate surface area is 97.3 Å². The maximum atomic E-state index is 10.7. The summed E-state index contributed by atoms with van der Waals surface area (Å²) in [4.78, 5) is 13.1. The quantitative estimate of drug-likeness (QED) is 0.726. The highest BCUT2D eigenvalue weighted by Gasteiger charge is 2.29. The smallest absolute Gasteiger partial charge is 0.120 e. The van der Waals surface area contributed by atoms with Crippen molar-refractivity contribution < 1.29 is 4.79 Å². The lowest BCUT2D eigenvalue weighted by Crippen LogP contribution is -2.29. The van der Waals surface area contributed by atoms with Crippen molar-refractivity contribution in [2.75, 3.05) is 11.4 Å². The third-order valence-corrected chi connectivity index (χ3v) is 3.35. The molecule has 2 heteroatoms. The van der Waals surface area contributed by atoms with Crippen molar-refractivity contribution in [3.63, 3.8) is 0 Å². The Balaban J connectivity index is 2.40. The van der Waals surface area contributed by atoms with Crippen molar-refractivity contribution in [3.8, 4) is 0 Å². The van der Waals surface area contributed by atoms with E-state index in [9.17, 15) is 4.79 Å². The van der Waals surface area contributed by atoms with Gasteiger partial charge in [-0.1, -0.05) is 17.7 Å². The molecule has 1 aromatic carbocycles. The topological polar surface area (TPSA) is 20.3 Å². The fourth-order valence-corrected chi connectivity index (χ4v) is 2.50. The third kappa shape index (κ3) is 1.84. The fourth-order valence-electron chi connectivity index (χ4n) is 2.50. The van der Waals surface area contributed by atoms with Crippen molar-refractivity contribution in [2.24, 2.45) is 0 Å². The predicted octanol–water partition coefficient (Wildman–Crippen LogP) is 2.90. The summed E-state index contributed by atoms with van der Waals surface area (Å²) >= 11 is 0. The van der Waals surface area contributed by atoms with Crippen molar-refractivity contribution in [1.29, 1.82) is 0 Å². The molecule has 16 heavy (non-hydrogen) atoms. The molecule has 0 spiro atoms. The summed E-state index contributed by atoms with van der Waals surface area (Å²) in [5, 5.41) is 0. The lowest BCUT2D eigenvalue weighted by atomic mass is 9.97. The number of benzene rings is 1. The SMILES string of the molecule is Cc1ccc2c(c1)C(CC=O)CN2C(C)C. The van der Waals surface area contributed by atoms with Gasteiger partial charge in [-0.3, -0.25) is 0 Å². The number of aldehydes is 1. The monoisotopic (exact) mass is 217 g/mol. The van der Waals surface area contributed by atoms with Crippen LogP contribution in [-0.4, -0.2) is 18.9 Å². The molecule has 1 unspecified atom stereocenters. The number of carbonyl (C=O) groups is 1. The molecule has 0 saturated heterocycles. The van der Waals surface area contributed by atoms with E-state index in [2.05, 4.69) is 43.9 Å². The van der Waals surface area contributed by atoms with Gasteiger partial charge in [0.15, 0.2) is 0 Å². The van der Waals surface area contributed by atoms with E-state index in [1.54, 1.807) is 0 Å². The molecule has 86 valence electrons. The van der Waals surface area contributed by atoms with Crippen molar-refractivity contribution in [3.05, 3.63) is 29.3 Å². The van der Waals surface area contributed by atoms with E-state index in [-0.39, 0.29) is 0 Å². The van der Waals surface area contributed by atoms with Gasteiger partial charge in [-0.25, -0.2) is 0 Å². The molecule has 1 heterocycles.